The molecule has 104 valence electrons. The molecule has 0 aliphatic rings. The molecular weight excluding hydrogens is 327 g/mol. The van der Waals surface area contributed by atoms with Crippen molar-refractivity contribution in [3.63, 3.8) is 0 Å². The second-order valence-corrected chi connectivity index (χ2v) is 4.95. The molecule has 0 bridgehead atoms. The van der Waals surface area contributed by atoms with Gasteiger partial charge in [-0.2, -0.15) is 0 Å². The molecule has 6 heteroatoms. The third-order valence-electron chi connectivity index (χ3n) is 2.68. The third-order valence-corrected chi connectivity index (χ3v) is 3.17. The first-order valence-electron chi connectivity index (χ1n) is 5.71. The Morgan fingerprint density at radius 3 is 2.65 bits per heavy atom. The summed E-state index contributed by atoms with van der Waals surface area (Å²) in [5.41, 5.74) is 6.86. The van der Waals surface area contributed by atoms with Gasteiger partial charge < -0.3 is 15.8 Å². The van der Waals surface area contributed by atoms with Gasteiger partial charge in [-0.3, -0.25) is 4.79 Å². The number of rotatable bonds is 3. The van der Waals surface area contributed by atoms with Crippen molar-refractivity contribution in [3.05, 3.63) is 52.3 Å². The molecule has 4 nitrogen and oxygen atoms in total. The lowest BCUT2D eigenvalue weighted by Gasteiger charge is -2.09. The van der Waals surface area contributed by atoms with Gasteiger partial charge in [0.2, 0.25) is 0 Å². The van der Waals surface area contributed by atoms with Crippen LogP contribution in [0.1, 0.15) is 10.4 Å². The van der Waals surface area contributed by atoms with E-state index in [2.05, 4.69) is 21.2 Å². The first-order chi connectivity index (χ1) is 9.51. The summed E-state index contributed by atoms with van der Waals surface area (Å²) in [6, 6.07) is 9.08. The van der Waals surface area contributed by atoms with Crippen LogP contribution in [0.25, 0.3) is 0 Å². The number of benzene rings is 2. The molecule has 2 rings (SSSR count). The number of halogens is 2. The predicted octanol–water partition coefficient (Wildman–Crippen LogP) is 3.43. The maximum absolute atomic E-state index is 13.5. The summed E-state index contributed by atoms with van der Waals surface area (Å²) in [5.74, 6) is -0.950. The number of carbonyl (C=O) groups excluding carboxylic acids is 1. The molecule has 3 N–H and O–H groups in total. The summed E-state index contributed by atoms with van der Waals surface area (Å²) in [6.07, 6.45) is 0. The van der Waals surface area contributed by atoms with E-state index in [0.29, 0.717) is 11.4 Å². The second-order valence-electron chi connectivity index (χ2n) is 4.04. The highest BCUT2D eigenvalue weighted by molar-refractivity contribution is 9.10. The van der Waals surface area contributed by atoms with E-state index >= 15 is 0 Å². The largest absolute Gasteiger partial charge is 0.494 e. The number of nitrogens with one attached hydrogen (secondary N) is 1. The Kier molecular flexibility index (Phi) is 4.24. The third kappa shape index (κ3) is 3.08. The summed E-state index contributed by atoms with van der Waals surface area (Å²) in [6.45, 7) is 0. The smallest absolute Gasteiger partial charge is 0.255 e. The number of amides is 1. The Balaban J connectivity index is 2.21. The molecule has 0 unspecified atom stereocenters. The van der Waals surface area contributed by atoms with Crippen LogP contribution in [0.5, 0.6) is 5.75 Å². The summed E-state index contributed by atoms with van der Waals surface area (Å²) in [7, 11) is 1.36. The summed E-state index contributed by atoms with van der Waals surface area (Å²) < 4.78 is 19.2. The van der Waals surface area contributed by atoms with Gasteiger partial charge in [-0.1, -0.05) is 15.9 Å². The van der Waals surface area contributed by atoms with E-state index in [1.165, 1.54) is 19.2 Å². The quantitative estimate of drug-likeness (QED) is 0.842. The number of carbonyl (C=O) groups is 1. The van der Waals surface area contributed by atoms with Crippen LogP contribution in [0.2, 0.25) is 0 Å². The molecule has 0 spiro atoms. The van der Waals surface area contributed by atoms with Crippen molar-refractivity contribution in [3.8, 4) is 5.75 Å². The summed E-state index contributed by atoms with van der Waals surface area (Å²) >= 11 is 3.28. The molecule has 0 atom stereocenters. The average molecular weight is 339 g/mol. The van der Waals surface area contributed by atoms with Crippen LogP contribution in [0.4, 0.5) is 15.8 Å². The minimum atomic E-state index is -0.594. The minimum absolute atomic E-state index is 0.0877. The number of hydrogen-bond donors (Lipinski definition) is 2. The van der Waals surface area contributed by atoms with Gasteiger partial charge in [0.25, 0.3) is 5.91 Å². The molecule has 0 fully saturated rings. The maximum atomic E-state index is 13.5. The van der Waals surface area contributed by atoms with Gasteiger partial charge >= 0.3 is 0 Å². The first-order valence-corrected chi connectivity index (χ1v) is 6.50. The molecule has 0 aliphatic carbocycles. The van der Waals surface area contributed by atoms with Gasteiger partial charge in [-0.05, 0) is 36.4 Å². The number of nitrogen functional groups attached to an aromatic ring is 1. The molecule has 0 heterocycles. The Hall–Kier alpha value is -2.08. The highest BCUT2D eigenvalue weighted by atomic mass is 79.9. The van der Waals surface area contributed by atoms with Crippen LogP contribution < -0.4 is 15.8 Å². The van der Waals surface area contributed by atoms with Crippen LogP contribution >= 0.6 is 15.9 Å². The first kappa shape index (κ1) is 14.3. The van der Waals surface area contributed by atoms with Crippen LogP contribution in [0, 0.1) is 5.82 Å². The van der Waals surface area contributed by atoms with Crippen molar-refractivity contribution in [1.29, 1.82) is 0 Å². The molecular formula is C14H12BrFN2O2. The van der Waals surface area contributed by atoms with Crippen LogP contribution in [-0.2, 0) is 0 Å². The number of ether oxygens (including phenoxy) is 1. The normalized spacial score (nSPS) is 10.2. The molecule has 0 saturated heterocycles. The average Bonchev–Trinajstić information content (AvgIpc) is 2.41. The van der Waals surface area contributed by atoms with Crippen molar-refractivity contribution < 1.29 is 13.9 Å². The standard InChI is InChI=1S/C14H12BrFN2O2/c1-20-13-5-2-8(6-10(13)16)14(19)18-12-4-3-9(15)7-11(12)17/h2-7H,17H2,1H3,(H,18,19). The summed E-state index contributed by atoms with van der Waals surface area (Å²) in [4.78, 5) is 12.0. The minimum Gasteiger partial charge on any atom is -0.494 e. The topological polar surface area (TPSA) is 64.3 Å². The Labute approximate surface area is 123 Å². The number of methoxy groups -OCH3 is 1. The van der Waals surface area contributed by atoms with Crippen LogP contribution in [-0.4, -0.2) is 13.0 Å². The zero-order valence-corrected chi connectivity index (χ0v) is 12.2. The highest BCUT2D eigenvalue weighted by Crippen LogP contribution is 2.24. The van der Waals surface area contributed by atoms with E-state index in [1.807, 2.05) is 0 Å². The van der Waals surface area contributed by atoms with Gasteiger partial charge in [0.15, 0.2) is 11.6 Å². The molecule has 0 aromatic heterocycles. The lowest BCUT2D eigenvalue weighted by atomic mass is 10.2. The molecule has 20 heavy (non-hydrogen) atoms. The van der Waals surface area contributed by atoms with Gasteiger partial charge in [-0.15, -0.1) is 0 Å². The number of hydrogen-bond acceptors (Lipinski definition) is 3. The number of nitrogens with two attached hydrogens (primary N) is 1. The fraction of sp³-hybridized carbons (Fsp3) is 0.0714. The SMILES string of the molecule is COc1ccc(C(=O)Nc2ccc(Br)cc2N)cc1F. The lowest BCUT2D eigenvalue weighted by molar-refractivity contribution is 0.102. The van der Waals surface area contributed by atoms with Crippen LogP contribution in [0.15, 0.2) is 40.9 Å². The van der Waals surface area contributed by atoms with Crippen molar-refractivity contribution in [1.82, 2.24) is 0 Å². The lowest BCUT2D eigenvalue weighted by Crippen LogP contribution is -2.13. The van der Waals surface area contributed by atoms with E-state index < -0.39 is 11.7 Å². The zero-order valence-electron chi connectivity index (χ0n) is 10.6. The van der Waals surface area contributed by atoms with Gasteiger partial charge in [0, 0.05) is 10.0 Å². The zero-order chi connectivity index (χ0) is 14.7. The molecule has 0 saturated carbocycles. The van der Waals surface area contributed by atoms with E-state index in [4.69, 9.17) is 10.5 Å². The Morgan fingerprint density at radius 1 is 1.30 bits per heavy atom. The van der Waals surface area contributed by atoms with Gasteiger partial charge in [0.1, 0.15) is 0 Å². The monoisotopic (exact) mass is 338 g/mol. The van der Waals surface area contributed by atoms with Gasteiger partial charge in [0.05, 0.1) is 18.5 Å². The molecule has 2 aromatic rings. The van der Waals surface area contributed by atoms with Crippen molar-refractivity contribution in [2.45, 2.75) is 0 Å². The van der Waals surface area contributed by atoms with Crippen LogP contribution in [0.3, 0.4) is 0 Å². The fourth-order valence-electron chi connectivity index (χ4n) is 1.65. The Morgan fingerprint density at radius 2 is 2.05 bits per heavy atom. The van der Waals surface area contributed by atoms with E-state index in [1.54, 1.807) is 18.2 Å². The van der Waals surface area contributed by atoms with Crippen molar-refractivity contribution in [2.75, 3.05) is 18.2 Å². The Bertz CT molecular complexity index is 662. The van der Waals surface area contributed by atoms with Crippen molar-refractivity contribution >= 4 is 33.2 Å². The van der Waals surface area contributed by atoms with Crippen molar-refractivity contribution in [2.24, 2.45) is 0 Å². The predicted molar refractivity (Wildman–Crippen MR) is 79.5 cm³/mol. The van der Waals surface area contributed by atoms with Gasteiger partial charge in [-0.25, -0.2) is 4.39 Å². The molecule has 1 amide bonds. The molecule has 2 aromatic carbocycles. The van der Waals surface area contributed by atoms with E-state index in [9.17, 15) is 9.18 Å². The fourth-order valence-corrected chi connectivity index (χ4v) is 2.03. The second kappa shape index (κ2) is 5.92. The molecule has 0 aliphatic heterocycles. The van der Waals surface area contributed by atoms with E-state index in [0.717, 1.165) is 10.5 Å². The van der Waals surface area contributed by atoms with E-state index in [-0.39, 0.29) is 11.3 Å². The highest BCUT2D eigenvalue weighted by Gasteiger charge is 2.11. The molecule has 0 radical (unpaired) electrons. The number of anilines is 2. The maximum Gasteiger partial charge on any atom is 0.255 e. The summed E-state index contributed by atoms with van der Waals surface area (Å²) in [5, 5.41) is 2.63.